The van der Waals surface area contributed by atoms with Gasteiger partial charge in [0.1, 0.15) is 5.82 Å². The van der Waals surface area contributed by atoms with E-state index >= 15 is 0 Å². The van der Waals surface area contributed by atoms with Crippen LogP contribution in [0.15, 0.2) is 36.4 Å². The minimum Gasteiger partial charge on any atom is -0.469 e. The Morgan fingerprint density at radius 3 is 2.38 bits per heavy atom. The Morgan fingerprint density at radius 2 is 1.69 bits per heavy atom. The monoisotopic (exact) mass is 535 g/mol. The van der Waals surface area contributed by atoms with Crippen LogP contribution in [0.5, 0.6) is 0 Å². The van der Waals surface area contributed by atoms with Crippen LogP contribution in [0.4, 0.5) is 5.82 Å². The summed E-state index contributed by atoms with van der Waals surface area (Å²) in [5, 5.41) is 9.25. The first-order chi connectivity index (χ1) is 18.6. The van der Waals surface area contributed by atoms with Gasteiger partial charge in [-0.2, -0.15) is 0 Å². The number of anilines is 1. The van der Waals surface area contributed by atoms with Crippen molar-refractivity contribution >= 4 is 11.8 Å². The third kappa shape index (κ3) is 7.20. The maximum Gasteiger partial charge on any atom is 0.305 e. The lowest BCUT2D eigenvalue weighted by Gasteiger charge is -2.42. The number of piperidine rings is 1. The predicted molar refractivity (Wildman–Crippen MR) is 159 cm³/mol. The summed E-state index contributed by atoms with van der Waals surface area (Å²) < 4.78 is 4.82. The third-order valence-electron chi connectivity index (χ3n) is 9.10. The Hall–Kier alpha value is -2.44. The number of benzene rings is 1. The second-order valence-electron chi connectivity index (χ2n) is 12.8. The fourth-order valence-electron chi connectivity index (χ4n) is 6.40. The highest BCUT2D eigenvalue weighted by Gasteiger charge is 2.37. The van der Waals surface area contributed by atoms with E-state index in [1.54, 1.807) is 0 Å². The molecule has 0 atom stereocenters. The van der Waals surface area contributed by atoms with Gasteiger partial charge in [-0.1, -0.05) is 45.9 Å². The molecule has 0 saturated carbocycles. The number of unbranched alkanes of at least 4 members (excludes halogenated alkanes) is 1. The average molecular weight is 536 g/mol. The lowest BCUT2D eigenvalue weighted by Crippen LogP contribution is -2.46. The fourth-order valence-corrected chi connectivity index (χ4v) is 6.40. The predicted octanol–water partition coefficient (Wildman–Crippen LogP) is 6.09. The van der Waals surface area contributed by atoms with Crippen molar-refractivity contribution in [2.75, 3.05) is 44.8 Å². The topological polar surface area (TPSA) is 65.9 Å². The SMILES string of the molecule is COC(=O)CCCN(CCCCO)C1CCN(c2cccc(-c3ccc4c(c3)C(C)(C)CCC4(C)C)n2)CC1. The van der Waals surface area contributed by atoms with Crippen LogP contribution in [0, 0.1) is 0 Å². The number of carbonyl (C=O) groups excluding carboxylic acids is 1. The zero-order valence-electron chi connectivity index (χ0n) is 24.8. The van der Waals surface area contributed by atoms with E-state index in [0.717, 1.165) is 69.8 Å². The number of pyridine rings is 1. The lowest BCUT2D eigenvalue weighted by molar-refractivity contribution is -0.140. The van der Waals surface area contributed by atoms with E-state index in [-0.39, 0.29) is 23.4 Å². The molecule has 2 aromatic rings. The number of aromatic nitrogens is 1. The average Bonchev–Trinajstić information content (AvgIpc) is 2.94. The standard InChI is InChI=1S/C33H49N3O3/c1-32(2)17-18-33(3,4)28-24-25(13-14-27(28)32)29-10-8-11-30(34-29)36-21-15-26(16-22-36)35(19-6-7-23-37)20-9-12-31(38)39-5/h8,10-11,13-14,24,26,37H,6-7,9,12,15-23H2,1-5H3. The molecule has 2 heterocycles. The molecule has 1 saturated heterocycles. The largest absolute Gasteiger partial charge is 0.469 e. The van der Waals surface area contributed by atoms with Crippen LogP contribution in [0.2, 0.25) is 0 Å². The highest BCUT2D eigenvalue weighted by molar-refractivity contribution is 5.69. The molecule has 1 aliphatic carbocycles. The summed E-state index contributed by atoms with van der Waals surface area (Å²) in [4.78, 5) is 21.7. The summed E-state index contributed by atoms with van der Waals surface area (Å²) in [5.74, 6) is 0.915. The van der Waals surface area contributed by atoms with Crippen molar-refractivity contribution in [1.82, 2.24) is 9.88 Å². The van der Waals surface area contributed by atoms with E-state index in [9.17, 15) is 9.90 Å². The fraction of sp³-hybridized carbons (Fsp3) is 0.636. The molecule has 0 unspecified atom stereocenters. The van der Waals surface area contributed by atoms with Gasteiger partial charge in [-0.05, 0) is 98.2 Å². The number of rotatable bonds is 11. The van der Waals surface area contributed by atoms with E-state index in [0.29, 0.717) is 12.5 Å². The Bertz CT molecular complexity index is 1110. The highest BCUT2D eigenvalue weighted by atomic mass is 16.5. The van der Waals surface area contributed by atoms with Gasteiger partial charge in [0.05, 0.1) is 12.8 Å². The number of aliphatic hydroxyl groups excluding tert-OH is 1. The van der Waals surface area contributed by atoms with Gasteiger partial charge in [0, 0.05) is 37.7 Å². The van der Waals surface area contributed by atoms with Crippen LogP contribution in [-0.4, -0.2) is 66.9 Å². The van der Waals surface area contributed by atoms with Crippen LogP contribution in [0.3, 0.4) is 0 Å². The molecule has 39 heavy (non-hydrogen) atoms. The molecule has 4 rings (SSSR count). The maximum absolute atomic E-state index is 11.6. The number of esters is 1. The number of ether oxygens (including phenoxy) is 1. The van der Waals surface area contributed by atoms with Gasteiger partial charge >= 0.3 is 5.97 Å². The molecular weight excluding hydrogens is 486 g/mol. The quantitative estimate of drug-likeness (QED) is 0.277. The highest BCUT2D eigenvalue weighted by Crippen LogP contribution is 2.46. The van der Waals surface area contributed by atoms with Crippen LogP contribution in [0.25, 0.3) is 11.3 Å². The number of fused-ring (bicyclic) bond motifs is 1. The smallest absolute Gasteiger partial charge is 0.305 e. The molecule has 1 N–H and O–H groups in total. The molecule has 1 aromatic heterocycles. The van der Waals surface area contributed by atoms with Gasteiger partial charge in [-0.25, -0.2) is 4.98 Å². The van der Waals surface area contributed by atoms with Gasteiger partial charge in [0.25, 0.3) is 0 Å². The summed E-state index contributed by atoms with van der Waals surface area (Å²) in [6.45, 7) is 13.5. The lowest BCUT2D eigenvalue weighted by atomic mass is 9.63. The summed E-state index contributed by atoms with van der Waals surface area (Å²) in [6, 6.07) is 13.9. The van der Waals surface area contributed by atoms with Crippen molar-refractivity contribution in [2.45, 2.75) is 95.9 Å². The van der Waals surface area contributed by atoms with Crippen molar-refractivity contribution in [3.8, 4) is 11.3 Å². The minimum absolute atomic E-state index is 0.141. The zero-order valence-corrected chi connectivity index (χ0v) is 24.8. The molecule has 6 heteroatoms. The first-order valence-corrected chi connectivity index (χ1v) is 14.9. The molecule has 1 fully saturated rings. The van der Waals surface area contributed by atoms with Crippen molar-refractivity contribution in [3.05, 3.63) is 47.5 Å². The van der Waals surface area contributed by atoms with Crippen molar-refractivity contribution in [2.24, 2.45) is 0 Å². The van der Waals surface area contributed by atoms with Gasteiger partial charge < -0.3 is 19.6 Å². The molecule has 1 aliphatic heterocycles. The molecule has 214 valence electrons. The van der Waals surface area contributed by atoms with E-state index in [1.807, 2.05) is 0 Å². The van der Waals surface area contributed by atoms with Crippen LogP contribution >= 0.6 is 0 Å². The molecule has 6 nitrogen and oxygen atoms in total. The van der Waals surface area contributed by atoms with Crippen molar-refractivity contribution in [3.63, 3.8) is 0 Å². The first kappa shape index (κ1) is 29.5. The Labute approximate surface area is 235 Å². The molecule has 0 spiro atoms. The second-order valence-corrected chi connectivity index (χ2v) is 12.8. The summed E-state index contributed by atoms with van der Waals surface area (Å²) in [7, 11) is 1.45. The van der Waals surface area contributed by atoms with E-state index in [1.165, 1.54) is 36.6 Å². The molecule has 0 bridgehead atoms. The number of hydrogen-bond donors (Lipinski definition) is 1. The van der Waals surface area contributed by atoms with Gasteiger partial charge in [-0.15, -0.1) is 0 Å². The van der Waals surface area contributed by atoms with Crippen LogP contribution in [0.1, 0.15) is 90.2 Å². The summed E-state index contributed by atoms with van der Waals surface area (Å²) in [6.07, 6.45) is 7.65. The number of carbonyl (C=O) groups is 1. The first-order valence-electron chi connectivity index (χ1n) is 14.9. The van der Waals surface area contributed by atoms with Crippen LogP contribution < -0.4 is 4.90 Å². The molecule has 0 amide bonds. The molecule has 0 radical (unpaired) electrons. The number of nitrogens with zero attached hydrogens (tertiary/aromatic N) is 3. The number of hydrogen-bond acceptors (Lipinski definition) is 6. The number of aliphatic hydroxyl groups is 1. The van der Waals surface area contributed by atoms with E-state index in [4.69, 9.17) is 9.72 Å². The third-order valence-corrected chi connectivity index (χ3v) is 9.10. The Morgan fingerprint density at radius 1 is 1.00 bits per heavy atom. The molecule has 1 aromatic carbocycles. The maximum atomic E-state index is 11.6. The molecule has 2 aliphatic rings. The summed E-state index contributed by atoms with van der Waals surface area (Å²) in [5.41, 5.74) is 5.60. The minimum atomic E-state index is -0.141. The zero-order chi connectivity index (χ0) is 28.0. The molecular formula is C33H49N3O3. The van der Waals surface area contributed by atoms with E-state index in [2.05, 4.69) is 73.9 Å². The van der Waals surface area contributed by atoms with Gasteiger partial charge in [0.2, 0.25) is 0 Å². The Kier molecular flexibility index (Phi) is 9.71. The Balaban J connectivity index is 1.43. The van der Waals surface area contributed by atoms with Gasteiger partial charge in [-0.3, -0.25) is 4.79 Å². The second kappa shape index (κ2) is 12.8. The van der Waals surface area contributed by atoms with Crippen LogP contribution in [-0.2, 0) is 20.4 Å². The number of methoxy groups -OCH3 is 1. The van der Waals surface area contributed by atoms with E-state index < -0.39 is 0 Å². The van der Waals surface area contributed by atoms with Gasteiger partial charge in [0.15, 0.2) is 0 Å². The summed E-state index contributed by atoms with van der Waals surface area (Å²) >= 11 is 0. The van der Waals surface area contributed by atoms with Crippen molar-refractivity contribution in [1.29, 1.82) is 0 Å². The van der Waals surface area contributed by atoms with Crippen molar-refractivity contribution < 1.29 is 14.6 Å². The normalized spacial score (nSPS) is 18.7.